The second-order valence-corrected chi connectivity index (χ2v) is 17.0. The molecule has 2 nitrogen and oxygen atoms in total. The number of fused-ring (bicyclic) bond motifs is 5. The lowest BCUT2D eigenvalue weighted by molar-refractivity contribution is 0.666. The minimum absolute atomic E-state index is 0.0688. The van der Waals surface area contributed by atoms with Crippen molar-refractivity contribution < 1.29 is 0 Å². The van der Waals surface area contributed by atoms with Crippen molar-refractivity contribution in [2.24, 2.45) is 0 Å². The van der Waals surface area contributed by atoms with E-state index in [4.69, 9.17) is 0 Å². The molecule has 10 aromatic rings. The normalized spacial score (nSPS) is 12.4. The fourth-order valence-corrected chi connectivity index (χ4v) is 9.70. The highest BCUT2D eigenvalue weighted by Crippen LogP contribution is 2.52. The molecular weight excluding hydrogens is 761 g/mol. The third-order valence-corrected chi connectivity index (χ3v) is 12.8. The van der Waals surface area contributed by atoms with Crippen molar-refractivity contribution in [2.75, 3.05) is 9.80 Å². The van der Waals surface area contributed by atoms with Crippen LogP contribution >= 0.6 is 0 Å². The zero-order chi connectivity index (χ0) is 42.3. The topological polar surface area (TPSA) is 6.48 Å². The van der Waals surface area contributed by atoms with Crippen molar-refractivity contribution in [1.82, 2.24) is 0 Å². The number of anilines is 6. The molecule has 11 rings (SSSR count). The van der Waals surface area contributed by atoms with Crippen LogP contribution in [0.25, 0.3) is 55.3 Å². The molecule has 63 heavy (non-hydrogen) atoms. The van der Waals surface area contributed by atoms with Gasteiger partial charge in [0.05, 0.1) is 0 Å². The zero-order valence-electron chi connectivity index (χ0n) is 35.5. The van der Waals surface area contributed by atoms with Gasteiger partial charge in [-0.15, -0.1) is 0 Å². The number of rotatable bonds is 9. The first kappa shape index (κ1) is 38.0. The van der Waals surface area contributed by atoms with Crippen molar-refractivity contribution in [3.63, 3.8) is 0 Å². The molecule has 10 aromatic carbocycles. The molecule has 1 aliphatic rings. The molecule has 0 fully saturated rings. The van der Waals surface area contributed by atoms with Crippen LogP contribution in [0.1, 0.15) is 25.0 Å². The maximum Gasteiger partial charge on any atom is 0.0468 e. The minimum atomic E-state index is -0.0688. The Morgan fingerprint density at radius 2 is 0.651 bits per heavy atom. The van der Waals surface area contributed by atoms with E-state index in [0.717, 1.165) is 34.1 Å². The van der Waals surface area contributed by atoms with Crippen molar-refractivity contribution in [3.8, 4) is 44.5 Å². The largest absolute Gasteiger partial charge is 0.311 e. The predicted molar refractivity (Wildman–Crippen MR) is 267 cm³/mol. The van der Waals surface area contributed by atoms with E-state index in [-0.39, 0.29) is 5.41 Å². The molecule has 300 valence electrons. The van der Waals surface area contributed by atoms with Gasteiger partial charge in [-0.2, -0.15) is 0 Å². The summed E-state index contributed by atoms with van der Waals surface area (Å²) in [6.45, 7) is 4.73. The number of nitrogens with zero attached hydrogens (tertiary/aromatic N) is 2. The van der Waals surface area contributed by atoms with E-state index in [0.29, 0.717) is 0 Å². The van der Waals surface area contributed by atoms with E-state index in [2.05, 4.69) is 266 Å². The van der Waals surface area contributed by atoms with Crippen LogP contribution in [0.5, 0.6) is 0 Å². The highest BCUT2D eigenvalue weighted by Gasteiger charge is 2.36. The molecular formula is C61H46N2. The first-order valence-electron chi connectivity index (χ1n) is 21.8. The van der Waals surface area contributed by atoms with Gasteiger partial charge in [0, 0.05) is 39.5 Å². The van der Waals surface area contributed by atoms with Gasteiger partial charge in [-0.1, -0.05) is 184 Å². The summed E-state index contributed by atoms with van der Waals surface area (Å²) in [4.78, 5) is 4.70. The predicted octanol–water partition coefficient (Wildman–Crippen LogP) is 17.1. The number of hydrogen-bond donors (Lipinski definition) is 0. The number of benzene rings is 10. The maximum absolute atomic E-state index is 2.36. The van der Waals surface area contributed by atoms with Gasteiger partial charge in [0.1, 0.15) is 0 Å². The first-order valence-corrected chi connectivity index (χ1v) is 21.8. The zero-order valence-corrected chi connectivity index (χ0v) is 35.5. The average molecular weight is 807 g/mol. The Kier molecular flexibility index (Phi) is 9.55. The van der Waals surface area contributed by atoms with Crippen LogP contribution < -0.4 is 9.80 Å². The van der Waals surface area contributed by atoms with E-state index >= 15 is 0 Å². The Morgan fingerprint density at radius 3 is 1.13 bits per heavy atom. The van der Waals surface area contributed by atoms with Gasteiger partial charge < -0.3 is 9.80 Å². The standard InChI is InChI=1S/C61H46N2/c1-61(2)59-21-13-12-20-57(59)58-40-30-49-42-55(39-41-56(49)60(58)61)63(50-18-10-5-11-19-50)54-37-28-48(29-38-54)47-26-35-53(36-27-47)62(51-31-22-45(23-32-51)43-14-6-3-7-15-43)52-33-24-46(25-34-52)44-16-8-4-9-17-44/h3-42H,1-2H3. The number of para-hydroxylation sites is 1. The Morgan fingerprint density at radius 1 is 0.286 bits per heavy atom. The Balaban J connectivity index is 0.914. The van der Waals surface area contributed by atoms with E-state index in [1.807, 2.05) is 0 Å². The molecule has 0 unspecified atom stereocenters. The molecule has 0 spiro atoms. The highest BCUT2D eigenvalue weighted by molar-refractivity contribution is 5.99. The molecule has 0 bridgehead atoms. The Labute approximate surface area is 370 Å². The van der Waals surface area contributed by atoms with Gasteiger partial charge in [-0.05, 0) is 139 Å². The van der Waals surface area contributed by atoms with Gasteiger partial charge in [0.2, 0.25) is 0 Å². The van der Waals surface area contributed by atoms with Crippen LogP contribution in [-0.2, 0) is 5.41 Å². The molecule has 0 aromatic heterocycles. The molecule has 1 aliphatic carbocycles. The molecule has 0 N–H and O–H groups in total. The molecule has 0 amide bonds. The van der Waals surface area contributed by atoms with Crippen LogP contribution in [0, 0.1) is 0 Å². The quantitative estimate of drug-likeness (QED) is 0.143. The van der Waals surface area contributed by atoms with Crippen molar-refractivity contribution in [2.45, 2.75) is 19.3 Å². The summed E-state index contributed by atoms with van der Waals surface area (Å²) in [7, 11) is 0. The van der Waals surface area contributed by atoms with Crippen LogP contribution in [0.2, 0.25) is 0 Å². The second-order valence-electron chi connectivity index (χ2n) is 17.0. The summed E-state index contributed by atoms with van der Waals surface area (Å²) in [6.07, 6.45) is 0. The van der Waals surface area contributed by atoms with Gasteiger partial charge in [-0.25, -0.2) is 0 Å². The van der Waals surface area contributed by atoms with E-state index in [1.165, 1.54) is 66.4 Å². The molecule has 0 radical (unpaired) electrons. The Hall–Kier alpha value is -7.94. The van der Waals surface area contributed by atoms with Crippen LogP contribution in [-0.4, -0.2) is 0 Å². The summed E-state index contributed by atoms with van der Waals surface area (Å²) < 4.78 is 0. The van der Waals surface area contributed by atoms with Gasteiger partial charge in [0.15, 0.2) is 0 Å². The highest BCUT2D eigenvalue weighted by atomic mass is 15.1. The lowest BCUT2D eigenvalue weighted by Gasteiger charge is -2.27. The van der Waals surface area contributed by atoms with Crippen molar-refractivity contribution in [1.29, 1.82) is 0 Å². The second kappa shape index (κ2) is 15.8. The van der Waals surface area contributed by atoms with E-state index < -0.39 is 0 Å². The smallest absolute Gasteiger partial charge is 0.0468 e. The number of hydrogen-bond acceptors (Lipinski definition) is 2. The summed E-state index contributed by atoms with van der Waals surface area (Å²) in [5.41, 5.74) is 19.3. The minimum Gasteiger partial charge on any atom is -0.311 e. The van der Waals surface area contributed by atoms with E-state index in [1.54, 1.807) is 0 Å². The monoisotopic (exact) mass is 806 g/mol. The van der Waals surface area contributed by atoms with E-state index in [9.17, 15) is 0 Å². The molecule has 2 heteroatoms. The molecule has 0 atom stereocenters. The summed E-state index contributed by atoms with van der Waals surface area (Å²) in [5.74, 6) is 0. The van der Waals surface area contributed by atoms with Crippen LogP contribution in [0.4, 0.5) is 34.1 Å². The van der Waals surface area contributed by atoms with Gasteiger partial charge >= 0.3 is 0 Å². The summed E-state index contributed by atoms with van der Waals surface area (Å²) >= 11 is 0. The lowest BCUT2D eigenvalue weighted by Crippen LogP contribution is -2.15. The molecule has 0 heterocycles. The fraction of sp³-hybridized carbons (Fsp3) is 0.0492. The van der Waals surface area contributed by atoms with Crippen molar-refractivity contribution in [3.05, 3.63) is 254 Å². The fourth-order valence-electron chi connectivity index (χ4n) is 9.70. The first-order chi connectivity index (χ1) is 31.0. The molecule has 0 saturated heterocycles. The molecule has 0 aliphatic heterocycles. The summed E-state index contributed by atoms with van der Waals surface area (Å²) in [6, 6.07) is 88.0. The van der Waals surface area contributed by atoms with Gasteiger partial charge in [-0.3, -0.25) is 0 Å². The van der Waals surface area contributed by atoms with Gasteiger partial charge in [0.25, 0.3) is 0 Å². The molecule has 0 saturated carbocycles. The van der Waals surface area contributed by atoms with Crippen LogP contribution in [0.15, 0.2) is 243 Å². The van der Waals surface area contributed by atoms with Crippen molar-refractivity contribution >= 4 is 44.9 Å². The lowest BCUT2D eigenvalue weighted by atomic mass is 9.80. The Bertz CT molecular complexity index is 3110. The van der Waals surface area contributed by atoms with Crippen LogP contribution in [0.3, 0.4) is 0 Å². The maximum atomic E-state index is 2.36. The SMILES string of the molecule is CC1(C)c2ccccc2-c2ccc3cc(N(c4ccccc4)c4ccc(-c5ccc(N(c6ccc(-c7ccccc7)cc6)c6ccc(-c7ccccc7)cc6)cc5)cc4)ccc3c21. The third kappa shape index (κ3) is 6.96. The average Bonchev–Trinajstić information content (AvgIpc) is 3.59. The third-order valence-electron chi connectivity index (χ3n) is 12.8. The summed E-state index contributed by atoms with van der Waals surface area (Å²) in [5, 5.41) is 2.56.